The molecule has 1 amide bonds. The van der Waals surface area contributed by atoms with E-state index >= 15 is 0 Å². The quantitative estimate of drug-likeness (QED) is 0.798. The minimum Gasteiger partial charge on any atom is -0.355 e. The van der Waals surface area contributed by atoms with Crippen molar-refractivity contribution in [2.24, 2.45) is 0 Å². The van der Waals surface area contributed by atoms with E-state index in [4.69, 9.17) is 11.6 Å². The average molecular weight is 236 g/mol. The number of rotatable bonds is 4. The summed E-state index contributed by atoms with van der Waals surface area (Å²) in [6, 6.07) is 8.40. The van der Waals surface area contributed by atoms with Crippen molar-refractivity contribution < 1.29 is 4.79 Å². The Bertz CT molecular complexity index is 426. The number of carbonyl (C=O) groups is 1. The molecule has 0 radical (unpaired) electrons. The highest BCUT2D eigenvalue weighted by molar-refractivity contribution is 6.27. The molecule has 16 heavy (non-hydrogen) atoms. The molecule has 1 N–H and O–H groups in total. The Morgan fingerprint density at radius 1 is 1.38 bits per heavy atom. The van der Waals surface area contributed by atoms with Crippen LogP contribution in [0.1, 0.15) is 17.5 Å². The lowest BCUT2D eigenvalue weighted by Crippen LogP contribution is -2.25. The molecule has 1 aliphatic carbocycles. The standard InChI is InChI=1S/C13H14ClNO/c14-9-13(16)15-8-7-11-6-5-10-3-1-2-4-12(10)11/h1-4,6H,5,7-9H2,(H,15,16). The number of carbonyl (C=O) groups excluding carboxylic acids is 1. The molecule has 0 bridgehead atoms. The van der Waals surface area contributed by atoms with Crippen LogP contribution >= 0.6 is 11.6 Å². The van der Waals surface area contributed by atoms with Gasteiger partial charge in [0.2, 0.25) is 5.91 Å². The number of benzene rings is 1. The number of nitrogens with one attached hydrogen (secondary N) is 1. The van der Waals surface area contributed by atoms with Crippen molar-refractivity contribution in [1.29, 1.82) is 0 Å². The predicted octanol–water partition coefficient (Wildman–Crippen LogP) is 2.37. The molecule has 3 heteroatoms. The second-order valence-corrected chi connectivity index (χ2v) is 4.09. The van der Waals surface area contributed by atoms with E-state index in [9.17, 15) is 4.79 Å². The highest BCUT2D eigenvalue weighted by atomic mass is 35.5. The summed E-state index contributed by atoms with van der Waals surface area (Å²) in [4.78, 5) is 11.0. The SMILES string of the molecule is O=C(CCl)NCCC1=CCc2ccccc21. The van der Waals surface area contributed by atoms with Gasteiger partial charge in [0.15, 0.2) is 0 Å². The number of alkyl halides is 1. The van der Waals surface area contributed by atoms with E-state index < -0.39 is 0 Å². The molecular formula is C13H14ClNO. The molecule has 0 saturated carbocycles. The monoisotopic (exact) mass is 235 g/mol. The fourth-order valence-corrected chi connectivity index (χ4v) is 2.07. The van der Waals surface area contributed by atoms with Crippen LogP contribution in [-0.4, -0.2) is 18.3 Å². The lowest BCUT2D eigenvalue weighted by atomic mass is 10.0. The summed E-state index contributed by atoms with van der Waals surface area (Å²) in [5.74, 6) is -0.0659. The number of allylic oxidation sites excluding steroid dienone is 1. The maximum Gasteiger partial charge on any atom is 0.234 e. The van der Waals surface area contributed by atoms with Crippen molar-refractivity contribution in [3.63, 3.8) is 0 Å². The fraction of sp³-hybridized carbons (Fsp3) is 0.308. The van der Waals surface area contributed by atoms with Gasteiger partial charge in [0.1, 0.15) is 5.88 Å². The maximum atomic E-state index is 11.0. The van der Waals surface area contributed by atoms with Crippen LogP contribution in [0, 0.1) is 0 Å². The lowest BCUT2D eigenvalue weighted by Gasteiger charge is -2.06. The van der Waals surface area contributed by atoms with Crippen LogP contribution in [0.15, 0.2) is 30.3 Å². The Labute approximate surface area is 100 Å². The zero-order valence-corrected chi connectivity index (χ0v) is 9.76. The van der Waals surface area contributed by atoms with Crippen molar-refractivity contribution in [3.05, 3.63) is 41.5 Å². The Hall–Kier alpha value is -1.28. The second kappa shape index (κ2) is 5.17. The number of fused-ring (bicyclic) bond motifs is 1. The Morgan fingerprint density at radius 2 is 2.19 bits per heavy atom. The van der Waals surface area contributed by atoms with E-state index in [2.05, 4.69) is 35.7 Å². The summed E-state index contributed by atoms with van der Waals surface area (Å²) in [7, 11) is 0. The molecule has 0 aromatic heterocycles. The molecule has 0 unspecified atom stereocenters. The van der Waals surface area contributed by atoms with Gasteiger partial charge in [0, 0.05) is 6.54 Å². The molecule has 2 nitrogen and oxygen atoms in total. The summed E-state index contributed by atoms with van der Waals surface area (Å²) in [6.45, 7) is 0.658. The van der Waals surface area contributed by atoms with E-state index in [0.29, 0.717) is 6.54 Å². The minimum atomic E-state index is -0.103. The van der Waals surface area contributed by atoms with E-state index in [1.54, 1.807) is 0 Å². The molecule has 84 valence electrons. The summed E-state index contributed by atoms with van der Waals surface area (Å²) >= 11 is 5.40. The third-order valence-electron chi connectivity index (χ3n) is 2.77. The van der Waals surface area contributed by atoms with Gasteiger partial charge in [-0.25, -0.2) is 0 Å². The topological polar surface area (TPSA) is 29.1 Å². The van der Waals surface area contributed by atoms with Crippen LogP contribution in [-0.2, 0) is 11.2 Å². The number of amides is 1. The average Bonchev–Trinajstić information content (AvgIpc) is 2.73. The van der Waals surface area contributed by atoms with Gasteiger partial charge < -0.3 is 5.32 Å². The number of halogens is 1. The summed E-state index contributed by atoms with van der Waals surface area (Å²) in [5, 5.41) is 2.78. The molecule has 0 spiro atoms. The smallest absolute Gasteiger partial charge is 0.234 e. The van der Waals surface area contributed by atoms with Crippen molar-refractivity contribution in [2.45, 2.75) is 12.8 Å². The van der Waals surface area contributed by atoms with Crippen molar-refractivity contribution in [3.8, 4) is 0 Å². The van der Waals surface area contributed by atoms with Gasteiger partial charge in [0.25, 0.3) is 0 Å². The molecule has 1 aliphatic rings. The van der Waals surface area contributed by atoms with Crippen molar-refractivity contribution in [2.75, 3.05) is 12.4 Å². The van der Waals surface area contributed by atoms with E-state index in [1.807, 2.05) is 0 Å². The van der Waals surface area contributed by atoms with Crippen LogP contribution in [0.5, 0.6) is 0 Å². The summed E-state index contributed by atoms with van der Waals surface area (Å²) in [5.41, 5.74) is 4.02. The van der Waals surface area contributed by atoms with Gasteiger partial charge in [0.05, 0.1) is 0 Å². The number of hydrogen-bond donors (Lipinski definition) is 1. The zero-order valence-electron chi connectivity index (χ0n) is 9.00. The molecule has 0 fully saturated rings. The van der Waals surface area contributed by atoms with Crippen LogP contribution in [0.3, 0.4) is 0 Å². The third-order valence-corrected chi connectivity index (χ3v) is 3.01. The molecule has 1 aromatic rings. The van der Waals surface area contributed by atoms with Gasteiger partial charge >= 0.3 is 0 Å². The van der Waals surface area contributed by atoms with Gasteiger partial charge in [-0.1, -0.05) is 30.3 Å². The minimum absolute atomic E-state index is 0.0373. The molecule has 0 heterocycles. The predicted molar refractivity (Wildman–Crippen MR) is 66.5 cm³/mol. The largest absolute Gasteiger partial charge is 0.355 e. The first-order valence-corrected chi connectivity index (χ1v) is 5.94. The van der Waals surface area contributed by atoms with Gasteiger partial charge in [-0.05, 0) is 29.5 Å². The van der Waals surface area contributed by atoms with E-state index in [1.165, 1.54) is 16.7 Å². The van der Waals surface area contributed by atoms with Crippen molar-refractivity contribution >= 4 is 23.1 Å². The van der Waals surface area contributed by atoms with Crippen LogP contribution < -0.4 is 5.32 Å². The van der Waals surface area contributed by atoms with Crippen molar-refractivity contribution in [1.82, 2.24) is 5.32 Å². The highest BCUT2D eigenvalue weighted by Gasteiger charge is 2.12. The van der Waals surface area contributed by atoms with Crippen LogP contribution in [0.4, 0.5) is 0 Å². The zero-order chi connectivity index (χ0) is 11.4. The molecule has 2 rings (SSSR count). The van der Waals surface area contributed by atoms with Gasteiger partial charge in [-0.15, -0.1) is 11.6 Å². The van der Waals surface area contributed by atoms with E-state index in [0.717, 1.165) is 12.8 Å². The Kier molecular flexibility index (Phi) is 3.62. The third kappa shape index (κ3) is 2.45. The molecule has 0 saturated heterocycles. The Balaban J connectivity index is 1.91. The van der Waals surface area contributed by atoms with Crippen LogP contribution in [0.25, 0.3) is 5.57 Å². The van der Waals surface area contributed by atoms with E-state index in [-0.39, 0.29) is 11.8 Å². The molecule has 0 aliphatic heterocycles. The first-order chi connectivity index (χ1) is 7.81. The fourth-order valence-electron chi connectivity index (χ4n) is 1.98. The Morgan fingerprint density at radius 3 is 3.00 bits per heavy atom. The molecule has 1 aromatic carbocycles. The highest BCUT2D eigenvalue weighted by Crippen LogP contribution is 2.28. The summed E-state index contributed by atoms with van der Waals surface area (Å²) < 4.78 is 0. The maximum absolute atomic E-state index is 11.0. The summed E-state index contributed by atoms with van der Waals surface area (Å²) in [6.07, 6.45) is 4.12. The molecular weight excluding hydrogens is 222 g/mol. The number of hydrogen-bond acceptors (Lipinski definition) is 1. The first kappa shape index (κ1) is 11.2. The normalized spacial score (nSPS) is 13.2. The second-order valence-electron chi connectivity index (χ2n) is 3.82. The van der Waals surface area contributed by atoms with Crippen LogP contribution in [0.2, 0.25) is 0 Å². The first-order valence-electron chi connectivity index (χ1n) is 5.41. The van der Waals surface area contributed by atoms with Gasteiger partial charge in [-0.3, -0.25) is 4.79 Å². The lowest BCUT2D eigenvalue weighted by molar-refractivity contribution is -0.118. The molecule has 0 atom stereocenters. The van der Waals surface area contributed by atoms with Gasteiger partial charge in [-0.2, -0.15) is 0 Å².